The fourth-order valence-corrected chi connectivity index (χ4v) is 5.57. The van der Waals surface area contributed by atoms with Crippen LogP contribution in [0.5, 0.6) is 0 Å². The zero-order chi connectivity index (χ0) is 28.3. The van der Waals surface area contributed by atoms with Gasteiger partial charge >= 0.3 is 0 Å². The maximum absolute atomic E-state index is 4.51. The first-order valence-electron chi connectivity index (χ1n) is 16.9. The van der Waals surface area contributed by atoms with E-state index in [9.17, 15) is 0 Å². The minimum absolute atomic E-state index is 1.14. The lowest BCUT2D eigenvalue weighted by Crippen LogP contribution is -2.19. The first-order valence-corrected chi connectivity index (χ1v) is 16.9. The van der Waals surface area contributed by atoms with E-state index in [1.165, 1.54) is 170 Å². The second-order valence-corrected chi connectivity index (χ2v) is 11.9. The number of unbranched alkanes of at least 4 members (excludes halogenated alkanes) is 19. The van der Waals surface area contributed by atoms with E-state index < -0.39 is 0 Å². The molecule has 1 heterocycles. The fourth-order valence-electron chi connectivity index (χ4n) is 5.57. The molecule has 1 aliphatic heterocycles. The molecule has 222 valence electrons. The summed E-state index contributed by atoms with van der Waals surface area (Å²) in [6.45, 7) is 18.9. The number of nitrogens with one attached hydrogen (secondary N) is 1. The lowest BCUT2D eigenvalue weighted by Gasteiger charge is -2.26. The Labute approximate surface area is 241 Å². The van der Waals surface area contributed by atoms with Crippen LogP contribution in [0.15, 0.2) is 47.3 Å². The standard InChI is InChI=1S/C34H63N.C3H6/c1-6-8-10-12-14-16-18-19-21-23-25-27-30(3)34-29-33(31(4)35-32(34)5)28-26-24-22-20-17-15-13-11-9-7-2;1-3-2/h35H,3,6-29H2,1-2,4-5H3;3H,1H2,2H3. The van der Waals surface area contributed by atoms with E-state index in [0.29, 0.717) is 0 Å². The predicted octanol–water partition coefficient (Wildman–Crippen LogP) is 13.3. The minimum atomic E-state index is 1.14. The first kappa shape index (κ1) is 36.8. The maximum atomic E-state index is 4.51. The summed E-state index contributed by atoms with van der Waals surface area (Å²) in [5.74, 6) is 0. The van der Waals surface area contributed by atoms with Gasteiger partial charge in [-0.2, -0.15) is 0 Å². The lowest BCUT2D eigenvalue weighted by atomic mass is 9.88. The van der Waals surface area contributed by atoms with E-state index in [0.717, 1.165) is 6.42 Å². The van der Waals surface area contributed by atoms with Crippen molar-refractivity contribution in [3.63, 3.8) is 0 Å². The maximum Gasteiger partial charge on any atom is 0.0155 e. The van der Waals surface area contributed by atoms with Crippen molar-refractivity contribution in [3.05, 3.63) is 47.3 Å². The average Bonchev–Trinajstić information content (AvgIpc) is 2.89. The SMILES string of the molecule is C=C(CCCCCCCCCCCCC)C1=C(C)NC(C)=C(CCCCCCCCCCCC)C1.C=CC. The van der Waals surface area contributed by atoms with Gasteiger partial charge in [0.1, 0.15) is 0 Å². The molecule has 0 fully saturated rings. The molecule has 0 spiro atoms. The van der Waals surface area contributed by atoms with Crippen LogP contribution < -0.4 is 5.32 Å². The van der Waals surface area contributed by atoms with Crippen LogP contribution in [0.25, 0.3) is 0 Å². The predicted molar refractivity (Wildman–Crippen MR) is 176 cm³/mol. The van der Waals surface area contributed by atoms with Gasteiger partial charge in [-0.1, -0.05) is 148 Å². The first-order chi connectivity index (χ1) is 18.5. The zero-order valence-corrected chi connectivity index (χ0v) is 27.0. The Morgan fingerprint density at radius 3 is 1.42 bits per heavy atom. The van der Waals surface area contributed by atoms with Gasteiger partial charge in [-0.3, -0.25) is 0 Å². The van der Waals surface area contributed by atoms with Gasteiger partial charge < -0.3 is 5.32 Å². The molecule has 1 N–H and O–H groups in total. The monoisotopic (exact) mass is 528 g/mol. The van der Waals surface area contributed by atoms with Crippen molar-refractivity contribution in [2.24, 2.45) is 0 Å². The number of allylic oxidation sites excluding steroid dienone is 6. The second kappa shape index (κ2) is 27.3. The third-order valence-electron chi connectivity index (χ3n) is 8.09. The Balaban J connectivity index is 0.00000434. The van der Waals surface area contributed by atoms with Gasteiger partial charge in [0.2, 0.25) is 0 Å². The Hall–Kier alpha value is -1.24. The molecule has 0 radical (unpaired) electrons. The molecular weight excluding hydrogens is 458 g/mol. The van der Waals surface area contributed by atoms with Gasteiger partial charge in [-0.25, -0.2) is 0 Å². The van der Waals surface area contributed by atoms with Crippen LogP contribution in [0.2, 0.25) is 0 Å². The molecule has 1 rings (SSSR count). The Morgan fingerprint density at radius 1 is 0.632 bits per heavy atom. The van der Waals surface area contributed by atoms with Crippen molar-refractivity contribution in [2.75, 3.05) is 0 Å². The topological polar surface area (TPSA) is 12.0 Å². The van der Waals surface area contributed by atoms with Crippen LogP contribution in [-0.4, -0.2) is 0 Å². The third kappa shape index (κ3) is 20.7. The molecule has 1 nitrogen and oxygen atoms in total. The van der Waals surface area contributed by atoms with Crippen molar-refractivity contribution < 1.29 is 0 Å². The third-order valence-corrected chi connectivity index (χ3v) is 8.09. The quantitative estimate of drug-likeness (QED) is 0.0971. The number of hydrogen-bond acceptors (Lipinski definition) is 1. The molecule has 0 atom stereocenters. The van der Waals surface area contributed by atoms with Crippen LogP contribution in [0, 0.1) is 0 Å². The van der Waals surface area contributed by atoms with Crippen LogP contribution in [0.4, 0.5) is 0 Å². The summed E-state index contributed by atoms with van der Waals surface area (Å²) >= 11 is 0. The second-order valence-electron chi connectivity index (χ2n) is 11.9. The normalized spacial score (nSPS) is 13.3. The smallest absolute Gasteiger partial charge is 0.0155 e. The lowest BCUT2D eigenvalue weighted by molar-refractivity contribution is 0.549. The van der Waals surface area contributed by atoms with Crippen LogP contribution >= 0.6 is 0 Å². The molecule has 0 saturated carbocycles. The van der Waals surface area contributed by atoms with Crippen molar-refractivity contribution in [3.8, 4) is 0 Å². The van der Waals surface area contributed by atoms with Gasteiger partial charge in [0.05, 0.1) is 0 Å². The summed E-state index contributed by atoms with van der Waals surface area (Å²) < 4.78 is 0. The van der Waals surface area contributed by atoms with Gasteiger partial charge in [-0.15, -0.1) is 6.58 Å². The average molecular weight is 528 g/mol. The van der Waals surface area contributed by atoms with Gasteiger partial charge in [-0.05, 0) is 69.6 Å². The Bertz CT molecular complexity index is 635. The van der Waals surface area contributed by atoms with Crippen LogP contribution in [-0.2, 0) is 0 Å². The van der Waals surface area contributed by atoms with Gasteiger partial charge in [0.15, 0.2) is 0 Å². The molecule has 38 heavy (non-hydrogen) atoms. The van der Waals surface area contributed by atoms with Crippen LogP contribution in [0.3, 0.4) is 0 Å². The summed E-state index contributed by atoms with van der Waals surface area (Å²) in [5, 5.41) is 3.69. The van der Waals surface area contributed by atoms with Crippen molar-refractivity contribution >= 4 is 0 Å². The number of rotatable bonds is 24. The fraction of sp³-hybridized carbons (Fsp3) is 0.784. The summed E-state index contributed by atoms with van der Waals surface area (Å²) in [6.07, 6.45) is 35.0. The molecule has 1 aliphatic rings. The van der Waals surface area contributed by atoms with E-state index >= 15 is 0 Å². The molecule has 0 saturated heterocycles. The number of hydrogen-bond donors (Lipinski definition) is 1. The molecule has 0 amide bonds. The summed E-state index contributed by atoms with van der Waals surface area (Å²) in [6, 6.07) is 0. The largest absolute Gasteiger partial charge is 0.363 e. The number of dihydropyridines is 1. The van der Waals surface area contributed by atoms with E-state index in [1.54, 1.807) is 11.6 Å². The summed E-state index contributed by atoms with van der Waals surface area (Å²) in [5.41, 5.74) is 7.28. The molecule has 0 unspecified atom stereocenters. The molecule has 0 bridgehead atoms. The highest BCUT2D eigenvalue weighted by Crippen LogP contribution is 2.32. The van der Waals surface area contributed by atoms with E-state index in [4.69, 9.17) is 0 Å². The summed E-state index contributed by atoms with van der Waals surface area (Å²) in [7, 11) is 0. The highest BCUT2D eigenvalue weighted by atomic mass is 14.9. The Morgan fingerprint density at radius 2 is 1.00 bits per heavy atom. The van der Waals surface area contributed by atoms with Gasteiger partial charge in [0.25, 0.3) is 0 Å². The van der Waals surface area contributed by atoms with Crippen LogP contribution in [0.1, 0.15) is 189 Å². The highest BCUT2D eigenvalue weighted by Gasteiger charge is 2.17. The molecular formula is C37H69N. The van der Waals surface area contributed by atoms with E-state index in [1.807, 2.05) is 6.92 Å². The molecule has 0 aliphatic carbocycles. The highest BCUT2D eigenvalue weighted by molar-refractivity contribution is 5.41. The molecule has 0 aromatic heterocycles. The Kier molecular flexibility index (Phi) is 26.4. The minimum Gasteiger partial charge on any atom is -0.363 e. The summed E-state index contributed by atoms with van der Waals surface area (Å²) in [4.78, 5) is 0. The zero-order valence-electron chi connectivity index (χ0n) is 27.0. The van der Waals surface area contributed by atoms with Crippen molar-refractivity contribution in [2.45, 2.75) is 189 Å². The van der Waals surface area contributed by atoms with Crippen molar-refractivity contribution in [1.82, 2.24) is 5.32 Å². The van der Waals surface area contributed by atoms with Gasteiger partial charge in [0, 0.05) is 11.4 Å². The van der Waals surface area contributed by atoms with E-state index in [-0.39, 0.29) is 0 Å². The molecule has 0 aromatic rings. The van der Waals surface area contributed by atoms with E-state index in [2.05, 4.69) is 46.2 Å². The molecule has 1 heteroatoms. The van der Waals surface area contributed by atoms with Crippen molar-refractivity contribution in [1.29, 1.82) is 0 Å². The molecule has 0 aromatic carbocycles.